The van der Waals surface area contributed by atoms with E-state index in [4.69, 9.17) is 5.73 Å². The molecule has 0 atom stereocenters. The Labute approximate surface area is 89.2 Å². The van der Waals surface area contributed by atoms with Gasteiger partial charge in [-0.3, -0.25) is 4.98 Å². The molecule has 2 N–H and O–H groups in total. The number of pyridine rings is 1. The summed E-state index contributed by atoms with van der Waals surface area (Å²) in [5.74, 6) is 0.356. The number of nitrogens with two attached hydrogens (primary N) is 1. The Kier molecular flexibility index (Phi) is 4.80. The van der Waals surface area contributed by atoms with Gasteiger partial charge >= 0.3 is 0 Å². The number of nitrogens with zero attached hydrogens (tertiary/aromatic N) is 3. The second-order valence-electron chi connectivity index (χ2n) is 2.78. The van der Waals surface area contributed by atoms with E-state index in [0.717, 1.165) is 12.1 Å². The van der Waals surface area contributed by atoms with Gasteiger partial charge in [-0.25, -0.2) is 9.97 Å². The van der Waals surface area contributed by atoms with Crippen LogP contribution in [0.3, 0.4) is 0 Å². The standard InChI is InChI=1S/C6H9N3.C5H5N/c1-2-5-3-4-8-6(7)9-5;1-2-4-6-5-3-1/h3-4H,2H2,1H3,(H2,7,8,9);1-5H. The van der Waals surface area contributed by atoms with E-state index in [1.54, 1.807) is 18.6 Å². The zero-order valence-electron chi connectivity index (χ0n) is 8.67. The smallest absolute Gasteiger partial charge is 0.220 e. The summed E-state index contributed by atoms with van der Waals surface area (Å²) < 4.78 is 0. The summed E-state index contributed by atoms with van der Waals surface area (Å²) in [7, 11) is 0. The van der Waals surface area contributed by atoms with Crippen LogP contribution in [0.4, 0.5) is 5.95 Å². The lowest BCUT2D eigenvalue weighted by molar-refractivity contribution is 1.01. The zero-order chi connectivity index (χ0) is 10.9. The average Bonchev–Trinajstić information content (AvgIpc) is 2.32. The van der Waals surface area contributed by atoms with Crippen molar-refractivity contribution in [2.24, 2.45) is 0 Å². The summed E-state index contributed by atoms with van der Waals surface area (Å²) >= 11 is 0. The molecule has 0 aliphatic heterocycles. The van der Waals surface area contributed by atoms with Crippen LogP contribution in [-0.2, 0) is 6.42 Å². The Morgan fingerprint density at radius 1 is 1.13 bits per heavy atom. The summed E-state index contributed by atoms with van der Waals surface area (Å²) in [6, 6.07) is 7.57. The Hall–Kier alpha value is -1.97. The summed E-state index contributed by atoms with van der Waals surface area (Å²) in [6.07, 6.45) is 6.08. The zero-order valence-corrected chi connectivity index (χ0v) is 8.67. The summed E-state index contributed by atoms with van der Waals surface area (Å²) in [5.41, 5.74) is 6.30. The van der Waals surface area contributed by atoms with Gasteiger partial charge in [0, 0.05) is 24.3 Å². The van der Waals surface area contributed by atoms with Gasteiger partial charge in [-0.2, -0.15) is 0 Å². The highest BCUT2D eigenvalue weighted by molar-refractivity contribution is 5.16. The van der Waals surface area contributed by atoms with Crippen LogP contribution in [0, 0.1) is 0 Å². The molecular weight excluding hydrogens is 188 g/mol. The second-order valence-corrected chi connectivity index (χ2v) is 2.78. The molecule has 0 unspecified atom stereocenters. The maximum absolute atomic E-state index is 5.31. The highest BCUT2D eigenvalue weighted by Gasteiger charge is 1.89. The number of rotatable bonds is 1. The van der Waals surface area contributed by atoms with Gasteiger partial charge in [-0.05, 0) is 24.6 Å². The molecule has 78 valence electrons. The van der Waals surface area contributed by atoms with Gasteiger partial charge in [0.25, 0.3) is 0 Å². The van der Waals surface area contributed by atoms with E-state index in [2.05, 4.69) is 15.0 Å². The molecule has 2 aromatic rings. The Morgan fingerprint density at radius 2 is 1.87 bits per heavy atom. The molecule has 2 aromatic heterocycles. The number of anilines is 1. The predicted molar refractivity (Wildman–Crippen MR) is 60.1 cm³/mol. The van der Waals surface area contributed by atoms with E-state index in [1.807, 2.05) is 31.2 Å². The number of hydrogen-bond donors (Lipinski definition) is 1. The SMILES string of the molecule is CCc1ccnc(N)n1.c1ccncc1. The van der Waals surface area contributed by atoms with Crippen LogP contribution in [0.5, 0.6) is 0 Å². The van der Waals surface area contributed by atoms with Crippen molar-refractivity contribution in [3.8, 4) is 0 Å². The Balaban J connectivity index is 0.000000162. The topological polar surface area (TPSA) is 64.7 Å². The van der Waals surface area contributed by atoms with Gasteiger partial charge in [-0.15, -0.1) is 0 Å². The minimum atomic E-state index is 0.356. The van der Waals surface area contributed by atoms with Gasteiger partial charge in [-0.1, -0.05) is 13.0 Å². The molecule has 0 saturated carbocycles. The minimum absolute atomic E-state index is 0.356. The van der Waals surface area contributed by atoms with Crippen molar-refractivity contribution in [2.75, 3.05) is 5.73 Å². The van der Waals surface area contributed by atoms with Crippen LogP contribution >= 0.6 is 0 Å². The number of aromatic nitrogens is 3. The monoisotopic (exact) mass is 202 g/mol. The maximum Gasteiger partial charge on any atom is 0.220 e. The number of nitrogen functional groups attached to an aromatic ring is 1. The first-order valence-corrected chi connectivity index (χ1v) is 4.75. The minimum Gasteiger partial charge on any atom is -0.368 e. The van der Waals surface area contributed by atoms with Crippen LogP contribution in [0.25, 0.3) is 0 Å². The highest BCUT2D eigenvalue weighted by atomic mass is 15.0. The van der Waals surface area contributed by atoms with Crippen LogP contribution in [0.2, 0.25) is 0 Å². The Morgan fingerprint density at radius 3 is 2.20 bits per heavy atom. The highest BCUT2D eigenvalue weighted by Crippen LogP contribution is 1.95. The molecule has 0 aliphatic carbocycles. The molecule has 0 bridgehead atoms. The fourth-order valence-corrected chi connectivity index (χ4v) is 0.922. The van der Waals surface area contributed by atoms with Crippen LogP contribution in [0.1, 0.15) is 12.6 Å². The van der Waals surface area contributed by atoms with Gasteiger partial charge in [0.05, 0.1) is 0 Å². The van der Waals surface area contributed by atoms with Gasteiger partial charge in [0.2, 0.25) is 5.95 Å². The molecule has 4 nitrogen and oxygen atoms in total. The van der Waals surface area contributed by atoms with Crippen LogP contribution < -0.4 is 5.73 Å². The first kappa shape index (κ1) is 11.1. The van der Waals surface area contributed by atoms with Crippen molar-refractivity contribution in [3.63, 3.8) is 0 Å². The molecule has 0 radical (unpaired) electrons. The van der Waals surface area contributed by atoms with E-state index in [1.165, 1.54) is 0 Å². The van der Waals surface area contributed by atoms with Gasteiger partial charge in [0.1, 0.15) is 0 Å². The van der Waals surface area contributed by atoms with E-state index in [0.29, 0.717) is 5.95 Å². The third-order valence-electron chi connectivity index (χ3n) is 1.66. The van der Waals surface area contributed by atoms with Crippen molar-refractivity contribution in [1.82, 2.24) is 15.0 Å². The normalized spacial score (nSPS) is 8.87. The largest absolute Gasteiger partial charge is 0.368 e. The molecular formula is C11H14N4. The number of hydrogen-bond acceptors (Lipinski definition) is 4. The summed E-state index contributed by atoms with van der Waals surface area (Å²) in [4.78, 5) is 11.5. The first-order valence-electron chi connectivity index (χ1n) is 4.75. The first-order chi connectivity index (χ1) is 7.33. The lowest BCUT2D eigenvalue weighted by Gasteiger charge is -1.93. The van der Waals surface area contributed by atoms with E-state index < -0.39 is 0 Å². The van der Waals surface area contributed by atoms with Crippen molar-refractivity contribution in [2.45, 2.75) is 13.3 Å². The molecule has 0 aliphatic rings. The summed E-state index contributed by atoms with van der Waals surface area (Å²) in [6.45, 7) is 2.03. The average molecular weight is 202 g/mol. The van der Waals surface area contributed by atoms with Gasteiger partial charge < -0.3 is 5.73 Å². The molecule has 4 heteroatoms. The Bertz CT molecular complexity index is 349. The van der Waals surface area contributed by atoms with E-state index >= 15 is 0 Å². The third kappa shape index (κ3) is 4.71. The molecule has 15 heavy (non-hydrogen) atoms. The summed E-state index contributed by atoms with van der Waals surface area (Å²) in [5, 5.41) is 0. The molecule has 2 heterocycles. The third-order valence-corrected chi connectivity index (χ3v) is 1.66. The fourth-order valence-electron chi connectivity index (χ4n) is 0.922. The van der Waals surface area contributed by atoms with Crippen molar-refractivity contribution >= 4 is 5.95 Å². The maximum atomic E-state index is 5.31. The molecule has 0 aromatic carbocycles. The van der Waals surface area contributed by atoms with Crippen molar-refractivity contribution < 1.29 is 0 Å². The predicted octanol–water partition coefficient (Wildman–Crippen LogP) is 1.70. The molecule has 0 amide bonds. The lowest BCUT2D eigenvalue weighted by Crippen LogP contribution is -1.96. The van der Waals surface area contributed by atoms with E-state index in [-0.39, 0.29) is 0 Å². The molecule has 0 spiro atoms. The number of aryl methyl sites for hydroxylation is 1. The van der Waals surface area contributed by atoms with Crippen LogP contribution in [0.15, 0.2) is 42.9 Å². The van der Waals surface area contributed by atoms with Crippen molar-refractivity contribution in [3.05, 3.63) is 48.5 Å². The van der Waals surface area contributed by atoms with E-state index in [9.17, 15) is 0 Å². The quantitative estimate of drug-likeness (QED) is 0.764. The molecule has 2 rings (SSSR count). The van der Waals surface area contributed by atoms with Crippen LogP contribution in [-0.4, -0.2) is 15.0 Å². The molecule has 0 fully saturated rings. The van der Waals surface area contributed by atoms with Crippen molar-refractivity contribution in [1.29, 1.82) is 0 Å². The fraction of sp³-hybridized carbons (Fsp3) is 0.182. The van der Waals surface area contributed by atoms with Gasteiger partial charge in [0.15, 0.2) is 0 Å². The second kappa shape index (κ2) is 6.48. The lowest BCUT2D eigenvalue weighted by atomic mass is 10.3. The molecule has 0 saturated heterocycles.